The molecule has 2 aromatic rings. The second-order valence-electron chi connectivity index (χ2n) is 5.99. The maximum absolute atomic E-state index is 13.0. The molecule has 0 saturated carbocycles. The number of benzene rings is 2. The van der Waals surface area contributed by atoms with Gasteiger partial charge in [0, 0.05) is 11.0 Å². The van der Waals surface area contributed by atoms with E-state index in [4.69, 9.17) is 0 Å². The summed E-state index contributed by atoms with van der Waals surface area (Å²) in [6.45, 7) is 1.49. The highest BCUT2D eigenvalue weighted by Gasteiger charge is 2.37. The fourth-order valence-electron chi connectivity index (χ4n) is 3.19. The highest BCUT2D eigenvalue weighted by Crippen LogP contribution is 2.37. The fraction of sp³-hybridized carbons (Fsp3) is 0.333. The number of aryl methyl sites for hydroxylation is 1. The lowest BCUT2D eigenvalue weighted by molar-refractivity contribution is -0.150. The molecule has 0 bridgehead atoms. The fourth-order valence-corrected chi connectivity index (χ4v) is 3.60. The van der Waals surface area contributed by atoms with Gasteiger partial charge >= 0.3 is 6.18 Å². The lowest BCUT2D eigenvalue weighted by Gasteiger charge is -2.38. The van der Waals surface area contributed by atoms with Crippen molar-refractivity contribution in [1.29, 1.82) is 0 Å². The van der Waals surface area contributed by atoms with Crippen molar-refractivity contribution in [1.82, 2.24) is 4.90 Å². The van der Waals surface area contributed by atoms with E-state index in [0.29, 0.717) is 13.0 Å². The average Bonchev–Trinajstić information content (AvgIpc) is 2.47. The molecule has 1 aliphatic heterocycles. The van der Waals surface area contributed by atoms with E-state index in [-0.39, 0.29) is 6.04 Å². The molecular formula is C18H17BrF3N. The van der Waals surface area contributed by atoms with Gasteiger partial charge < -0.3 is 0 Å². The first-order valence-corrected chi connectivity index (χ1v) is 8.28. The number of alkyl halides is 3. The van der Waals surface area contributed by atoms with Crippen LogP contribution in [0.3, 0.4) is 0 Å². The van der Waals surface area contributed by atoms with Crippen molar-refractivity contribution in [3.05, 3.63) is 69.2 Å². The lowest BCUT2D eigenvalue weighted by atomic mass is 9.88. The van der Waals surface area contributed by atoms with Crippen molar-refractivity contribution in [3.63, 3.8) is 0 Å². The largest absolute Gasteiger partial charge is 0.401 e. The van der Waals surface area contributed by atoms with E-state index in [1.165, 1.54) is 4.90 Å². The van der Waals surface area contributed by atoms with Gasteiger partial charge in [0.2, 0.25) is 0 Å². The molecule has 1 aliphatic rings. The molecule has 5 heteroatoms. The Bertz CT molecular complexity index is 694. The number of rotatable bonds is 2. The average molecular weight is 384 g/mol. The molecule has 0 amide bonds. The highest BCUT2D eigenvalue weighted by atomic mass is 79.9. The first-order chi connectivity index (χ1) is 10.8. The molecule has 1 unspecified atom stereocenters. The zero-order chi connectivity index (χ0) is 16.6. The van der Waals surface area contributed by atoms with Gasteiger partial charge in [0.25, 0.3) is 0 Å². The van der Waals surface area contributed by atoms with Gasteiger partial charge in [-0.3, -0.25) is 4.90 Å². The van der Waals surface area contributed by atoms with Gasteiger partial charge in [-0.1, -0.05) is 51.8 Å². The van der Waals surface area contributed by atoms with Crippen molar-refractivity contribution >= 4 is 15.9 Å². The van der Waals surface area contributed by atoms with Gasteiger partial charge in [-0.05, 0) is 42.2 Å². The molecule has 23 heavy (non-hydrogen) atoms. The van der Waals surface area contributed by atoms with Crippen LogP contribution in [0.15, 0.2) is 46.9 Å². The van der Waals surface area contributed by atoms with Crippen molar-refractivity contribution in [3.8, 4) is 0 Å². The number of hydrogen-bond acceptors (Lipinski definition) is 1. The second-order valence-corrected chi connectivity index (χ2v) is 6.91. The Kier molecular flexibility index (Phi) is 4.52. The molecule has 0 radical (unpaired) electrons. The maximum atomic E-state index is 13.0. The summed E-state index contributed by atoms with van der Waals surface area (Å²) >= 11 is 3.45. The van der Waals surface area contributed by atoms with Crippen LogP contribution in [0, 0.1) is 6.92 Å². The molecule has 0 N–H and O–H groups in total. The molecule has 122 valence electrons. The summed E-state index contributed by atoms with van der Waals surface area (Å²) in [4.78, 5) is 1.53. The zero-order valence-corrected chi connectivity index (χ0v) is 14.3. The summed E-state index contributed by atoms with van der Waals surface area (Å²) in [7, 11) is 0. The van der Waals surface area contributed by atoms with Crippen LogP contribution in [0.2, 0.25) is 0 Å². The summed E-state index contributed by atoms with van der Waals surface area (Å²) in [5.74, 6) is 0. The summed E-state index contributed by atoms with van der Waals surface area (Å²) in [6.07, 6.45) is -3.57. The predicted octanol–water partition coefficient (Wildman–Crippen LogP) is 5.27. The van der Waals surface area contributed by atoms with E-state index < -0.39 is 12.7 Å². The molecule has 0 fully saturated rings. The summed E-state index contributed by atoms with van der Waals surface area (Å²) < 4.78 is 39.9. The molecule has 0 spiro atoms. The molecule has 1 heterocycles. The van der Waals surface area contributed by atoms with Gasteiger partial charge in [0.1, 0.15) is 0 Å². The Labute approximate surface area is 142 Å². The first kappa shape index (κ1) is 16.5. The third-order valence-electron chi connectivity index (χ3n) is 4.21. The molecule has 1 atom stereocenters. The monoisotopic (exact) mass is 383 g/mol. The van der Waals surface area contributed by atoms with Crippen LogP contribution in [0.1, 0.15) is 28.3 Å². The minimum Gasteiger partial charge on any atom is -0.283 e. The van der Waals surface area contributed by atoms with E-state index in [1.54, 1.807) is 0 Å². The van der Waals surface area contributed by atoms with Gasteiger partial charge in [-0.15, -0.1) is 0 Å². The van der Waals surface area contributed by atoms with Gasteiger partial charge in [-0.25, -0.2) is 0 Å². The standard InChI is InChI=1S/C18H17BrF3N/c1-12-2-4-13(5-3-12)17-16-7-6-15(19)10-14(16)8-9-23(17)11-18(20,21)22/h2-7,10,17H,8-9,11H2,1H3. The SMILES string of the molecule is Cc1ccc(C2c3ccc(Br)cc3CCN2CC(F)(F)F)cc1. The van der Waals surface area contributed by atoms with Gasteiger partial charge in [0.15, 0.2) is 0 Å². The van der Waals surface area contributed by atoms with Gasteiger partial charge in [0.05, 0.1) is 12.6 Å². The molecule has 2 aromatic carbocycles. The number of hydrogen-bond donors (Lipinski definition) is 0. The van der Waals surface area contributed by atoms with E-state index in [2.05, 4.69) is 15.9 Å². The Hall–Kier alpha value is -1.33. The van der Waals surface area contributed by atoms with E-state index in [1.807, 2.05) is 49.4 Å². The van der Waals surface area contributed by atoms with Crippen LogP contribution < -0.4 is 0 Å². The Morgan fingerprint density at radius 1 is 1.13 bits per heavy atom. The number of fused-ring (bicyclic) bond motifs is 1. The molecular weight excluding hydrogens is 367 g/mol. The second kappa shape index (κ2) is 6.29. The zero-order valence-electron chi connectivity index (χ0n) is 12.7. The minimum absolute atomic E-state index is 0.353. The van der Waals surface area contributed by atoms with Gasteiger partial charge in [-0.2, -0.15) is 13.2 Å². The Morgan fingerprint density at radius 2 is 1.83 bits per heavy atom. The minimum atomic E-state index is -4.20. The van der Waals surface area contributed by atoms with Crippen molar-refractivity contribution < 1.29 is 13.2 Å². The Balaban J connectivity index is 2.05. The van der Waals surface area contributed by atoms with Crippen molar-refractivity contribution in [2.24, 2.45) is 0 Å². The normalized spacial score (nSPS) is 18.7. The lowest BCUT2D eigenvalue weighted by Crippen LogP contribution is -2.41. The summed E-state index contributed by atoms with van der Waals surface area (Å²) in [5.41, 5.74) is 4.09. The molecule has 0 aliphatic carbocycles. The summed E-state index contributed by atoms with van der Waals surface area (Å²) in [6, 6.07) is 13.3. The highest BCUT2D eigenvalue weighted by molar-refractivity contribution is 9.10. The van der Waals surface area contributed by atoms with Crippen molar-refractivity contribution in [2.45, 2.75) is 25.6 Å². The molecule has 3 rings (SSSR count). The smallest absolute Gasteiger partial charge is 0.283 e. The Morgan fingerprint density at radius 3 is 2.48 bits per heavy atom. The van der Waals surface area contributed by atoms with Crippen LogP contribution >= 0.6 is 15.9 Å². The topological polar surface area (TPSA) is 3.24 Å². The summed E-state index contributed by atoms with van der Waals surface area (Å²) in [5, 5.41) is 0. The third kappa shape index (κ3) is 3.78. The third-order valence-corrected chi connectivity index (χ3v) is 4.70. The predicted molar refractivity (Wildman–Crippen MR) is 88.5 cm³/mol. The van der Waals surface area contributed by atoms with Crippen LogP contribution in [0.25, 0.3) is 0 Å². The van der Waals surface area contributed by atoms with Crippen LogP contribution in [0.4, 0.5) is 13.2 Å². The maximum Gasteiger partial charge on any atom is 0.401 e. The van der Waals surface area contributed by atoms with E-state index in [0.717, 1.165) is 26.7 Å². The van der Waals surface area contributed by atoms with Crippen LogP contribution in [-0.4, -0.2) is 24.2 Å². The molecule has 0 saturated heterocycles. The van der Waals surface area contributed by atoms with Crippen LogP contribution in [0.5, 0.6) is 0 Å². The number of halogens is 4. The first-order valence-electron chi connectivity index (χ1n) is 7.49. The molecule has 0 aromatic heterocycles. The molecule has 1 nitrogen and oxygen atoms in total. The van der Waals surface area contributed by atoms with E-state index in [9.17, 15) is 13.2 Å². The van der Waals surface area contributed by atoms with E-state index >= 15 is 0 Å². The number of nitrogens with zero attached hydrogens (tertiary/aromatic N) is 1. The van der Waals surface area contributed by atoms with Crippen molar-refractivity contribution in [2.75, 3.05) is 13.1 Å². The van der Waals surface area contributed by atoms with Crippen LogP contribution in [-0.2, 0) is 6.42 Å². The quantitative estimate of drug-likeness (QED) is 0.682.